The first kappa shape index (κ1) is 26.8. The molecule has 1 aromatic carbocycles. The van der Waals surface area contributed by atoms with Gasteiger partial charge in [0.1, 0.15) is 12.7 Å². The van der Waals surface area contributed by atoms with Crippen LogP contribution in [-0.2, 0) is 23.9 Å². The van der Waals surface area contributed by atoms with E-state index in [0.717, 1.165) is 13.0 Å². The van der Waals surface area contributed by atoms with Gasteiger partial charge in [-0.3, -0.25) is 19.7 Å². The molecule has 2 heterocycles. The van der Waals surface area contributed by atoms with E-state index in [4.69, 9.17) is 9.47 Å². The maximum atomic E-state index is 11.4. The zero-order chi connectivity index (χ0) is 23.6. The smallest absolute Gasteiger partial charge is 0.311 e. The minimum Gasteiger partial charge on any atom is -0.462 e. The van der Waals surface area contributed by atoms with Gasteiger partial charge in [-0.05, 0) is 38.2 Å². The third-order valence-electron chi connectivity index (χ3n) is 6.04. The molecule has 2 amide bonds. The van der Waals surface area contributed by atoms with Gasteiger partial charge in [-0.15, -0.1) is 0 Å². The quantitative estimate of drug-likeness (QED) is 0.406. The van der Waals surface area contributed by atoms with Gasteiger partial charge < -0.3 is 9.47 Å². The van der Waals surface area contributed by atoms with Gasteiger partial charge in [0.05, 0.1) is 12.0 Å². The number of rotatable bonds is 6. The SMILES string of the molecule is CC1C(=O)NC(=O)C1C.CCC(C)(C)C(=O)OCC1CO1.CCC(C)c1ccccc1. The van der Waals surface area contributed by atoms with Crippen molar-refractivity contribution >= 4 is 17.8 Å². The highest BCUT2D eigenvalue weighted by Gasteiger charge is 2.34. The molecule has 2 saturated heterocycles. The van der Waals surface area contributed by atoms with E-state index in [0.29, 0.717) is 12.5 Å². The van der Waals surface area contributed by atoms with Crippen molar-refractivity contribution < 1.29 is 23.9 Å². The lowest BCUT2D eigenvalue weighted by Crippen LogP contribution is -2.27. The second kappa shape index (κ2) is 12.6. The standard InChI is InChI=1S/C10H14.C9H16O3.C6H9NO2/c1-3-9(2)10-7-5-4-6-8-10;1-4-9(2,3)8(10)12-6-7-5-11-7;1-3-4(2)6(9)7-5(3)8/h4-9H,3H2,1-2H3;7H,4-6H2,1-3H3;3-4H,1-2H3,(H,7,8,9). The molecule has 0 spiro atoms. The van der Waals surface area contributed by atoms with Crippen LogP contribution in [0, 0.1) is 17.3 Å². The highest BCUT2D eigenvalue weighted by atomic mass is 16.6. The Hall–Kier alpha value is -2.21. The highest BCUT2D eigenvalue weighted by molar-refractivity contribution is 6.04. The summed E-state index contributed by atoms with van der Waals surface area (Å²) in [5.41, 5.74) is 1.10. The fourth-order valence-electron chi connectivity index (χ4n) is 2.49. The predicted octanol–water partition coefficient (Wildman–Crippen LogP) is 4.48. The van der Waals surface area contributed by atoms with Crippen LogP contribution in [0.25, 0.3) is 0 Å². The largest absolute Gasteiger partial charge is 0.462 e. The third-order valence-corrected chi connectivity index (χ3v) is 6.04. The molecule has 6 nitrogen and oxygen atoms in total. The Morgan fingerprint density at radius 2 is 1.65 bits per heavy atom. The summed E-state index contributed by atoms with van der Waals surface area (Å²) in [7, 11) is 0. The van der Waals surface area contributed by atoms with Gasteiger partial charge in [0.25, 0.3) is 0 Å². The van der Waals surface area contributed by atoms with Crippen molar-refractivity contribution in [3.63, 3.8) is 0 Å². The lowest BCUT2D eigenvalue weighted by Gasteiger charge is -2.19. The molecule has 2 aliphatic rings. The minimum absolute atomic E-state index is 0.125. The van der Waals surface area contributed by atoms with E-state index in [2.05, 4.69) is 49.5 Å². The Labute approximate surface area is 187 Å². The van der Waals surface area contributed by atoms with E-state index < -0.39 is 0 Å². The van der Waals surface area contributed by atoms with Crippen LogP contribution in [0.5, 0.6) is 0 Å². The van der Waals surface area contributed by atoms with Crippen LogP contribution in [-0.4, -0.2) is 37.1 Å². The molecular formula is C25H39NO5. The number of ether oxygens (including phenoxy) is 2. The fraction of sp³-hybridized carbons (Fsp3) is 0.640. The number of carbonyl (C=O) groups is 3. The first-order valence-corrected chi connectivity index (χ1v) is 11.2. The van der Waals surface area contributed by atoms with Crippen LogP contribution in [0.1, 0.15) is 72.8 Å². The van der Waals surface area contributed by atoms with Crippen molar-refractivity contribution in [2.75, 3.05) is 13.2 Å². The van der Waals surface area contributed by atoms with Gasteiger partial charge in [0.2, 0.25) is 11.8 Å². The number of benzene rings is 1. The van der Waals surface area contributed by atoms with E-state index in [1.807, 2.05) is 20.8 Å². The summed E-state index contributed by atoms with van der Waals surface area (Å²) in [4.78, 5) is 32.7. The molecule has 0 aromatic heterocycles. The maximum Gasteiger partial charge on any atom is 0.311 e. The van der Waals surface area contributed by atoms with Gasteiger partial charge in [0.15, 0.2) is 0 Å². The Balaban J connectivity index is 0.000000235. The van der Waals surface area contributed by atoms with Crippen molar-refractivity contribution in [1.29, 1.82) is 0 Å². The molecule has 0 saturated carbocycles. The lowest BCUT2D eigenvalue weighted by molar-refractivity contribution is -0.154. The van der Waals surface area contributed by atoms with E-state index in [1.54, 1.807) is 13.8 Å². The average Bonchev–Trinajstić information content (AvgIpc) is 3.58. The molecule has 0 aliphatic carbocycles. The summed E-state index contributed by atoms with van der Waals surface area (Å²) >= 11 is 0. The second-order valence-electron chi connectivity index (χ2n) is 8.94. The number of carbonyl (C=O) groups excluding carboxylic acids is 3. The van der Waals surface area contributed by atoms with Crippen molar-refractivity contribution in [2.24, 2.45) is 17.3 Å². The summed E-state index contributed by atoms with van der Waals surface area (Å²) in [5, 5.41) is 2.24. The van der Waals surface area contributed by atoms with Crippen LogP contribution in [0.3, 0.4) is 0 Å². The van der Waals surface area contributed by atoms with Gasteiger partial charge in [-0.2, -0.15) is 0 Å². The molecule has 1 N–H and O–H groups in total. The zero-order valence-corrected chi connectivity index (χ0v) is 20.1. The van der Waals surface area contributed by atoms with E-state index in [9.17, 15) is 14.4 Å². The van der Waals surface area contributed by atoms with Crippen LogP contribution in [0.15, 0.2) is 30.3 Å². The summed E-state index contributed by atoms with van der Waals surface area (Å²) in [6.45, 7) is 14.9. The molecule has 31 heavy (non-hydrogen) atoms. The normalized spacial score (nSPS) is 22.9. The molecule has 4 unspecified atom stereocenters. The number of esters is 1. The monoisotopic (exact) mass is 433 g/mol. The molecule has 2 aliphatic heterocycles. The van der Waals surface area contributed by atoms with E-state index in [1.165, 1.54) is 12.0 Å². The molecule has 6 heteroatoms. The first-order chi connectivity index (χ1) is 14.5. The first-order valence-electron chi connectivity index (χ1n) is 11.2. The van der Waals surface area contributed by atoms with Gasteiger partial charge in [0, 0.05) is 11.8 Å². The summed E-state index contributed by atoms with van der Waals surface area (Å²) in [6, 6.07) is 10.6. The van der Waals surface area contributed by atoms with E-state index >= 15 is 0 Å². The Kier molecular flexibility index (Phi) is 10.9. The van der Waals surface area contributed by atoms with Crippen LogP contribution in [0.4, 0.5) is 0 Å². The number of epoxide rings is 1. The number of hydrogen-bond acceptors (Lipinski definition) is 5. The summed E-state index contributed by atoms with van der Waals surface area (Å²) in [6.07, 6.45) is 2.20. The topological polar surface area (TPSA) is 85.0 Å². The third kappa shape index (κ3) is 9.21. The number of hydrogen-bond donors (Lipinski definition) is 1. The lowest BCUT2D eigenvalue weighted by atomic mass is 9.91. The molecule has 0 bridgehead atoms. The number of nitrogens with one attached hydrogen (secondary N) is 1. The van der Waals surface area contributed by atoms with Crippen molar-refractivity contribution in [3.05, 3.63) is 35.9 Å². The number of imide groups is 1. The van der Waals surface area contributed by atoms with Gasteiger partial charge >= 0.3 is 5.97 Å². The maximum absolute atomic E-state index is 11.4. The Morgan fingerprint density at radius 3 is 2.00 bits per heavy atom. The van der Waals surface area contributed by atoms with Crippen molar-refractivity contribution in [3.8, 4) is 0 Å². The van der Waals surface area contributed by atoms with Crippen molar-refractivity contribution in [2.45, 2.75) is 73.3 Å². The summed E-state index contributed by atoms with van der Waals surface area (Å²) in [5.74, 6) is 0.0108. The molecule has 174 valence electrons. The Morgan fingerprint density at radius 1 is 1.13 bits per heavy atom. The fourth-order valence-corrected chi connectivity index (χ4v) is 2.49. The molecular weight excluding hydrogens is 394 g/mol. The van der Waals surface area contributed by atoms with Crippen molar-refractivity contribution in [1.82, 2.24) is 5.32 Å². The average molecular weight is 434 g/mol. The van der Waals surface area contributed by atoms with Crippen LogP contribution >= 0.6 is 0 Å². The van der Waals surface area contributed by atoms with Crippen LogP contribution < -0.4 is 5.32 Å². The molecule has 1 aromatic rings. The van der Waals surface area contributed by atoms with Crippen LogP contribution in [0.2, 0.25) is 0 Å². The van der Waals surface area contributed by atoms with E-state index in [-0.39, 0.29) is 41.1 Å². The second-order valence-corrected chi connectivity index (χ2v) is 8.94. The molecule has 2 fully saturated rings. The molecule has 0 radical (unpaired) electrons. The zero-order valence-electron chi connectivity index (χ0n) is 20.1. The van der Waals surface area contributed by atoms with Gasteiger partial charge in [-0.25, -0.2) is 0 Å². The number of amides is 2. The van der Waals surface area contributed by atoms with Gasteiger partial charge in [-0.1, -0.05) is 65.0 Å². The molecule has 3 rings (SSSR count). The predicted molar refractivity (Wildman–Crippen MR) is 121 cm³/mol. The highest BCUT2D eigenvalue weighted by Crippen LogP contribution is 2.22. The summed E-state index contributed by atoms with van der Waals surface area (Å²) < 4.78 is 9.99. The molecule has 4 atom stereocenters. The Bertz CT molecular complexity index is 694. The minimum atomic E-state index is -0.352.